The standard InChI is InChI=1S/C12H17ClN2O2/c1-8-4-5-10(6-11(8)13)14-12(17)15(3)7-9(2)16/h4-6,9,16H,7H2,1-3H3,(H,14,17). The van der Waals surface area contributed by atoms with Crippen molar-refractivity contribution >= 4 is 23.3 Å². The van der Waals surface area contributed by atoms with Crippen molar-refractivity contribution < 1.29 is 9.90 Å². The van der Waals surface area contributed by atoms with E-state index in [2.05, 4.69) is 5.32 Å². The van der Waals surface area contributed by atoms with E-state index in [4.69, 9.17) is 11.6 Å². The van der Waals surface area contributed by atoms with Crippen molar-refractivity contribution in [3.8, 4) is 0 Å². The largest absolute Gasteiger partial charge is 0.392 e. The van der Waals surface area contributed by atoms with Crippen molar-refractivity contribution in [3.05, 3.63) is 28.8 Å². The predicted molar refractivity (Wildman–Crippen MR) is 69.5 cm³/mol. The summed E-state index contributed by atoms with van der Waals surface area (Å²) in [5, 5.41) is 12.5. The summed E-state index contributed by atoms with van der Waals surface area (Å²) in [6.45, 7) is 3.81. The average Bonchev–Trinajstić information content (AvgIpc) is 2.22. The number of amides is 2. The van der Waals surface area contributed by atoms with Gasteiger partial charge in [0.05, 0.1) is 6.10 Å². The molecule has 5 heteroatoms. The zero-order valence-electron chi connectivity index (χ0n) is 10.2. The molecular formula is C12H17ClN2O2. The molecule has 0 aliphatic rings. The van der Waals surface area contributed by atoms with E-state index >= 15 is 0 Å². The summed E-state index contributed by atoms with van der Waals surface area (Å²) in [7, 11) is 1.62. The molecule has 0 aromatic heterocycles. The average molecular weight is 257 g/mol. The molecule has 0 bridgehead atoms. The number of carbonyl (C=O) groups excluding carboxylic acids is 1. The van der Waals surface area contributed by atoms with Crippen LogP contribution >= 0.6 is 11.6 Å². The maximum atomic E-state index is 11.7. The predicted octanol–water partition coefficient (Wildman–Crippen LogP) is 2.49. The van der Waals surface area contributed by atoms with Crippen molar-refractivity contribution in [2.24, 2.45) is 0 Å². The van der Waals surface area contributed by atoms with E-state index in [1.807, 2.05) is 13.0 Å². The molecule has 94 valence electrons. The van der Waals surface area contributed by atoms with E-state index in [-0.39, 0.29) is 12.6 Å². The number of benzene rings is 1. The Morgan fingerprint density at radius 3 is 2.76 bits per heavy atom. The van der Waals surface area contributed by atoms with Crippen molar-refractivity contribution in [1.29, 1.82) is 0 Å². The van der Waals surface area contributed by atoms with Gasteiger partial charge in [-0.05, 0) is 31.5 Å². The third-order valence-corrected chi connectivity index (χ3v) is 2.72. The Morgan fingerprint density at radius 1 is 1.59 bits per heavy atom. The Hall–Kier alpha value is -1.26. The minimum absolute atomic E-state index is 0.272. The molecule has 0 radical (unpaired) electrons. The summed E-state index contributed by atoms with van der Waals surface area (Å²) in [6, 6.07) is 5.05. The quantitative estimate of drug-likeness (QED) is 0.873. The Bertz CT molecular complexity index is 407. The van der Waals surface area contributed by atoms with Gasteiger partial charge in [-0.25, -0.2) is 4.79 Å². The zero-order valence-corrected chi connectivity index (χ0v) is 11.0. The number of carbonyl (C=O) groups is 1. The number of aliphatic hydroxyl groups excluding tert-OH is 1. The van der Waals surface area contributed by atoms with Gasteiger partial charge in [-0.2, -0.15) is 0 Å². The number of hydrogen-bond acceptors (Lipinski definition) is 2. The van der Waals surface area contributed by atoms with Crippen LogP contribution in [0.4, 0.5) is 10.5 Å². The fourth-order valence-electron chi connectivity index (χ4n) is 1.37. The molecule has 1 rings (SSSR count). The van der Waals surface area contributed by atoms with Gasteiger partial charge in [-0.15, -0.1) is 0 Å². The number of halogens is 1. The molecule has 1 aromatic rings. The number of hydrogen-bond donors (Lipinski definition) is 2. The van der Waals surface area contributed by atoms with Crippen molar-refractivity contribution in [2.45, 2.75) is 20.0 Å². The first kappa shape index (κ1) is 13.8. The number of nitrogens with zero attached hydrogens (tertiary/aromatic N) is 1. The van der Waals surface area contributed by atoms with E-state index in [9.17, 15) is 9.90 Å². The molecule has 0 spiro atoms. The molecular weight excluding hydrogens is 240 g/mol. The number of anilines is 1. The summed E-state index contributed by atoms with van der Waals surface area (Å²) in [4.78, 5) is 13.1. The fraction of sp³-hybridized carbons (Fsp3) is 0.417. The lowest BCUT2D eigenvalue weighted by Gasteiger charge is -2.19. The van der Waals surface area contributed by atoms with Gasteiger partial charge in [0.25, 0.3) is 0 Å². The lowest BCUT2D eigenvalue weighted by molar-refractivity contribution is 0.149. The highest BCUT2D eigenvalue weighted by Gasteiger charge is 2.11. The molecule has 2 amide bonds. The Balaban J connectivity index is 2.64. The molecule has 0 fully saturated rings. The first-order chi connectivity index (χ1) is 7.90. The highest BCUT2D eigenvalue weighted by Crippen LogP contribution is 2.20. The summed E-state index contributed by atoms with van der Waals surface area (Å²) < 4.78 is 0. The number of likely N-dealkylation sites (N-methyl/N-ethyl adjacent to an activating group) is 1. The SMILES string of the molecule is Cc1ccc(NC(=O)N(C)CC(C)O)cc1Cl. The fourth-order valence-corrected chi connectivity index (χ4v) is 1.55. The van der Waals surface area contributed by atoms with Crippen molar-refractivity contribution in [1.82, 2.24) is 4.90 Å². The van der Waals surface area contributed by atoms with Gasteiger partial charge in [-0.3, -0.25) is 0 Å². The molecule has 1 aromatic carbocycles. The Kier molecular flexibility index (Phi) is 4.78. The van der Waals surface area contributed by atoms with Crippen LogP contribution in [0.25, 0.3) is 0 Å². The summed E-state index contributed by atoms with van der Waals surface area (Å²) in [5.74, 6) is 0. The van der Waals surface area contributed by atoms with Gasteiger partial charge in [0.1, 0.15) is 0 Å². The molecule has 0 aliphatic heterocycles. The lowest BCUT2D eigenvalue weighted by Crippen LogP contribution is -2.36. The van der Waals surface area contributed by atoms with Crippen LogP contribution in [0.3, 0.4) is 0 Å². The second kappa shape index (κ2) is 5.89. The molecule has 1 unspecified atom stereocenters. The number of aliphatic hydroxyl groups is 1. The van der Waals surface area contributed by atoms with E-state index in [1.54, 1.807) is 26.1 Å². The second-order valence-electron chi connectivity index (χ2n) is 4.12. The Morgan fingerprint density at radius 2 is 2.24 bits per heavy atom. The molecule has 2 N–H and O–H groups in total. The van der Waals surface area contributed by atoms with E-state index in [0.717, 1.165) is 5.56 Å². The van der Waals surface area contributed by atoms with Crippen LogP contribution in [0.15, 0.2) is 18.2 Å². The normalized spacial score (nSPS) is 12.1. The third kappa shape index (κ3) is 4.24. The number of nitrogens with one attached hydrogen (secondary N) is 1. The summed E-state index contributed by atoms with van der Waals surface area (Å²) in [5.41, 5.74) is 1.60. The summed E-state index contributed by atoms with van der Waals surface area (Å²) in [6.07, 6.45) is -0.549. The minimum atomic E-state index is -0.549. The molecule has 17 heavy (non-hydrogen) atoms. The van der Waals surface area contributed by atoms with Crippen LogP contribution in [0.5, 0.6) is 0 Å². The van der Waals surface area contributed by atoms with Crippen molar-refractivity contribution in [3.63, 3.8) is 0 Å². The molecule has 4 nitrogen and oxygen atoms in total. The van der Waals surface area contributed by atoms with E-state index < -0.39 is 6.10 Å². The van der Waals surface area contributed by atoms with Crippen LogP contribution in [-0.4, -0.2) is 35.7 Å². The molecule has 1 atom stereocenters. The smallest absolute Gasteiger partial charge is 0.321 e. The van der Waals surface area contributed by atoms with E-state index in [0.29, 0.717) is 10.7 Å². The second-order valence-corrected chi connectivity index (χ2v) is 4.53. The lowest BCUT2D eigenvalue weighted by atomic mass is 10.2. The van der Waals surface area contributed by atoms with Gasteiger partial charge in [0.15, 0.2) is 0 Å². The molecule has 0 heterocycles. The monoisotopic (exact) mass is 256 g/mol. The van der Waals surface area contributed by atoms with Crippen LogP contribution in [0.1, 0.15) is 12.5 Å². The summed E-state index contributed by atoms with van der Waals surface area (Å²) >= 11 is 5.96. The van der Waals surface area contributed by atoms with Crippen molar-refractivity contribution in [2.75, 3.05) is 18.9 Å². The first-order valence-electron chi connectivity index (χ1n) is 5.36. The van der Waals surface area contributed by atoms with Crippen LogP contribution in [0.2, 0.25) is 5.02 Å². The number of urea groups is 1. The maximum Gasteiger partial charge on any atom is 0.321 e. The van der Waals surface area contributed by atoms with Gasteiger partial charge in [0.2, 0.25) is 0 Å². The van der Waals surface area contributed by atoms with Crippen LogP contribution < -0.4 is 5.32 Å². The van der Waals surface area contributed by atoms with Gasteiger partial charge < -0.3 is 15.3 Å². The topological polar surface area (TPSA) is 52.6 Å². The maximum absolute atomic E-state index is 11.7. The van der Waals surface area contributed by atoms with Gasteiger partial charge in [0, 0.05) is 24.3 Å². The van der Waals surface area contributed by atoms with Crippen LogP contribution in [0, 0.1) is 6.92 Å². The van der Waals surface area contributed by atoms with Gasteiger partial charge >= 0.3 is 6.03 Å². The molecule has 0 aliphatic carbocycles. The highest BCUT2D eigenvalue weighted by molar-refractivity contribution is 6.31. The Labute approximate surface area is 106 Å². The highest BCUT2D eigenvalue weighted by atomic mass is 35.5. The van der Waals surface area contributed by atoms with Gasteiger partial charge in [-0.1, -0.05) is 17.7 Å². The van der Waals surface area contributed by atoms with E-state index in [1.165, 1.54) is 4.90 Å². The molecule has 0 saturated heterocycles. The number of aryl methyl sites for hydroxylation is 1. The number of rotatable bonds is 3. The van der Waals surface area contributed by atoms with Crippen LogP contribution in [-0.2, 0) is 0 Å². The zero-order chi connectivity index (χ0) is 13.0. The molecule has 0 saturated carbocycles. The first-order valence-corrected chi connectivity index (χ1v) is 5.74. The minimum Gasteiger partial charge on any atom is -0.392 e. The third-order valence-electron chi connectivity index (χ3n) is 2.31.